The third-order valence-corrected chi connectivity index (χ3v) is 8.99. The summed E-state index contributed by atoms with van der Waals surface area (Å²) in [5.74, 6) is -3.18. The van der Waals surface area contributed by atoms with Crippen molar-refractivity contribution in [2.75, 3.05) is 19.1 Å². The van der Waals surface area contributed by atoms with Gasteiger partial charge < -0.3 is 14.6 Å². The van der Waals surface area contributed by atoms with Crippen molar-refractivity contribution >= 4 is 45.0 Å². The number of hydrogen-bond acceptors (Lipinski definition) is 7. The first-order valence-electron chi connectivity index (χ1n) is 12.9. The van der Waals surface area contributed by atoms with Crippen LogP contribution in [0.2, 0.25) is 0 Å². The molecule has 0 aromatic heterocycles. The lowest BCUT2D eigenvalue weighted by molar-refractivity contribution is -0.123. The maximum absolute atomic E-state index is 14.0. The molecule has 2 aromatic carbocycles. The van der Waals surface area contributed by atoms with Gasteiger partial charge in [-0.15, -0.1) is 0 Å². The van der Waals surface area contributed by atoms with E-state index in [-0.39, 0.29) is 47.1 Å². The van der Waals surface area contributed by atoms with Crippen LogP contribution in [0.3, 0.4) is 0 Å². The van der Waals surface area contributed by atoms with Gasteiger partial charge >= 0.3 is 0 Å². The largest absolute Gasteiger partial charge is 0.508 e. The van der Waals surface area contributed by atoms with Gasteiger partial charge in [0.15, 0.2) is 11.6 Å². The van der Waals surface area contributed by atoms with Crippen LogP contribution in [0.5, 0.6) is 17.2 Å². The molecule has 1 fully saturated rings. The summed E-state index contributed by atoms with van der Waals surface area (Å²) in [6.07, 6.45) is 3.77. The van der Waals surface area contributed by atoms with Gasteiger partial charge in [0.05, 0.1) is 31.7 Å². The molecule has 0 bridgehead atoms. The number of phenols is 1. The highest BCUT2D eigenvalue weighted by molar-refractivity contribution is 9.10. The zero-order chi connectivity index (χ0) is 28.5. The van der Waals surface area contributed by atoms with Gasteiger partial charge in [0, 0.05) is 44.8 Å². The Bertz CT molecular complexity index is 1570. The zero-order valence-electron chi connectivity index (χ0n) is 22.1. The number of ether oxygens (including phenoxy) is 2. The van der Waals surface area contributed by atoms with Gasteiger partial charge in [0.1, 0.15) is 17.2 Å². The molecule has 1 saturated heterocycles. The van der Waals surface area contributed by atoms with E-state index in [2.05, 4.69) is 15.9 Å². The molecule has 8 nitrogen and oxygen atoms in total. The van der Waals surface area contributed by atoms with E-state index in [1.165, 1.54) is 37.3 Å². The Labute approximate surface area is 239 Å². The Balaban J connectivity index is 1.54. The highest BCUT2D eigenvalue weighted by Crippen LogP contribution is 2.58. The Morgan fingerprint density at radius 3 is 2.23 bits per heavy atom. The Kier molecular flexibility index (Phi) is 6.29. The average Bonchev–Trinajstić information content (AvgIpc) is 3.20. The molecule has 0 saturated carbocycles. The number of aromatic hydroxyl groups is 1. The second-order valence-electron chi connectivity index (χ2n) is 10.5. The molecule has 1 N–H and O–H groups in total. The fourth-order valence-electron chi connectivity index (χ4n) is 6.77. The molecule has 4 aliphatic rings. The number of benzene rings is 2. The van der Waals surface area contributed by atoms with Gasteiger partial charge in [-0.05, 0) is 56.0 Å². The highest BCUT2D eigenvalue weighted by atomic mass is 79.9. The highest BCUT2D eigenvalue weighted by Gasteiger charge is 2.57. The monoisotopic (exact) mass is 603 g/mol. The number of ketones is 2. The molecule has 9 heteroatoms. The lowest BCUT2D eigenvalue weighted by Gasteiger charge is -2.42. The standard InChI is InChI=1S/C31H26BrNO7/c1-14-10-22(35)26-21(29(14)36)13-20-18(27(26)28-23(39-2)11-17(34)12-24(28)40-3)8-9-19-25(20)31(38)33(30(19)37)16-6-4-15(32)5-7-16/h4-8,10-12,19-20,25,27,34H,9,13H2,1-3H3/t19-,20+,25-,27-/m0/s1. The first kappa shape index (κ1) is 26.3. The van der Waals surface area contributed by atoms with E-state index in [1.54, 1.807) is 31.2 Å². The molecule has 40 heavy (non-hydrogen) atoms. The maximum atomic E-state index is 14.0. The minimum absolute atomic E-state index is 0.0832. The first-order valence-corrected chi connectivity index (χ1v) is 13.7. The molecular weight excluding hydrogens is 578 g/mol. The summed E-state index contributed by atoms with van der Waals surface area (Å²) < 4.78 is 12.1. The molecule has 2 amide bonds. The van der Waals surface area contributed by atoms with Gasteiger partial charge in [-0.2, -0.15) is 0 Å². The average molecular weight is 604 g/mol. The van der Waals surface area contributed by atoms with Crippen molar-refractivity contribution in [1.29, 1.82) is 0 Å². The predicted molar refractivity (Wildman–Crippen MR) is 149 cm³/mol. The molecule has 6 rings (SSSR count). The summed E-state index contributed by atoms with van der Waals surface area (Å²) in [4.78, 5) is 55.9. The van der Waals surface area contributed by atoms with Crippen LogP contribution in [-0.2, 0) is 19.2 Å². The minimum Gasteiger partial charge on any atom is -0.508 e. The second kappa shape index (κ2) is 9.59. The van der Waals surface area contributed by atoms with Crippen molar-refractivity contribution in [3.8, 4) is 17.2 Å². The number of anilines is 1. The summed E-state index contributed by atoms with van der Waals surface area (Å²) in [7, 11) is 2.90. The molecular formula is C31H26BrNO7. The second-order valence-corrected chi connectivity index (χ2v) is 11.4. The number of carbonyl (C=O) groups is 4. The number of phenolic OH excluding ortho intramolecular Hbond substituents is 1. The summed E-state index contributed by atoms with van der Waals surface area (Å²) in [6.45, 7) is 1.61. The Morgan fingerprint density at radius 1 is 0.950 bits per heavy atom. The fraction of sp³-hybridized carbons (Fsp3) is 0.290. The van der Waals surface area contributed by atoms with Crippen LogP contribution in [0.1, 0.15) is 31.2 Å². The third kappa shape index (κ3) is 3.78. The minimum atomic E-state index is -0.759. The number of rotatable bonds is 4. The SMILES string of the molecule is COc1cc(O)cc(OC)c1[C@H]1C2=CC[C@@H]3C(=O)N(c4ccc(Br)cc4)C(=O)[C@@H]3[C@@H]2CC2=C1C(=O)C=C(C)C2=O. The van der Waals surface area contributed by atoms with Crippen molar-refractivity contribution < 1.29 is 33.8 Å². The van der Waals surface area contributed by atoms with E-state index in [9.17, 15) is 24.3 Å². The first-order chi connectivity index (χ1) is 19.2. The maximum Gasteiger partial charge on any atom is 0.238 e. The van der Waals surface area contributed by atoms with Crippen molar-refractivity contribution in [1.82, 2.24) is 0 Å². The molecule has 4 atom stereocenters. The molecule has 3 aliphatic carbocycles. The molecule has 1 heterocycles. The molecule has 2 aromatic rings. The molecule has 0 unspecified atom stereocenters. The van der Waals surface area contributed by atoms with Gasteiger partial charge in [-0.1, -0.05) is 27.6 Å². The number of nitrogens with zero attached hydrogens (tertiary/aromatic N) is 1. The Morgan fingerprint density at radius 2 is 1.60 bits per heavy atom. The van der Waals surface area contributed by atoms with Gasteiger partial charge in [-0.25, -0.2) is 0 Å². The van der Waals surface area contributed by atoms with Gasteiger partial charge in [0.2, 0.25) is 11.8 Å². The van der Waals surface area contributed by atoms with Crippen molar-refractivity contribution in [3.05, 3.63) is 80.9 Å². The zero-order valence-corrected chi connectivity index (χ0v) is 23.7. The van der Waals surface area contributed by atoms with E-state index in [0.717, 1.165) is 10.0 Å². The van der Waals surface area contributed by atoms with Crippen LogP contribution in [0.4, 0.5) is 5.69 Å². The van der Waals surface area contributed by atoms with E-state index < -0.39 is 23.7 Å². The fourth-order valence-corrected chi connectivity index (χ4v) is 7.03. The lowest BCUT2D eigenvalue weighted by Crippen LogP contribution is -2.40. The van der Waals surface area contributed by atoms with Crippen LogP contribution in [-0.4, -0.2) is 42.7 Å². The molecule has 0 spiro atoms. The van der Waals surface area contributed by atoms with E-state index >= 15 is 0 Å². The quantitative estimate of drug-likeness (QED) is 0.303. The summed E-state index contributed by atoms with van der Waals surface area (Å²) in [6, 6.07) is 9.87. The number of imide groups is 1. The number of Topliss-reactive ketones (excluding diaryl/α,β-unsaturated/α-hetero) is 1. The number of allylic oxidation sites excluding steroid dienone is 6. The molecule has 1 aliphatic heterocycles. The van der Waals surface area contributed by atoms with Crippen LogP contribution in [0, 0.1) is 17.8 Å². The topological polar surface area (TPSA) is 110 Å². The predicted octanol–water partition coefficient (Wildman–Crippen LogP) is 4.81. The number of methoxy groups -OCH3 is 2. The van der Waals surface area contributed by atoms with Crippen LogP contribution < -0.4 is 14.4 Å². The number of halogens is 1. The number of amides is 2. The lowest BCUT2D eigenvalue weighted by atomic mass is 9.59. The van der Waals surface area contributed by atoms with E-state index in [0.29, 0.717) is 34.4 Å². The van der Waals surface area contributed by atoms with Crippen LogP contribution >= 0.6 is 15.9 Å². The summed E-state index contributed by atoms with van der Waals surface area (Å²) in [5, 5.41) is 10.3. The van der Waals surface area contributed by atoms with Crippen LogP contribution in [0.15, 0.2) is 75.3 Å². The molecule has 204 valence electrons. The van der Waals surface area contributed by atoms with Gasteiger partial charge in [-0.3, -0.25) is 24.1 Å². The van der Waals surface area contributed by atoms with Crippen molar-refractivity contribution in [2.45, 2.75) is 25.7 Å². The van der Waals surface area contributed by atoms with E-state index in [1.807, 2.05) is 6.08 Å². The number of hydrogen-bond donors (Lipinski definition) is 1. The van der Waals surface area contributed by atoms with Gasteiger partial charge in [0.25, 0.3) is 0 Å². The number of fused-ring (bicyclic) bond motifs is 3. The summed E-state index contributed by atoms with van der Waals surface area (Å²) in [5.41, 5.74) is 2.75. The summed E-state index contributed by atoms with van der Waals surface area (Å²) >= 11 is 3.39. The van der Waals surface area contributed by atoms with Crippen molar-refractivity contribution in [3.63, 3.8) is 0 Å². The Hall–Kier alpha value is -3.98. The smallest absolute Gasteiger partial charge is 0.238 e. The normalized spacial score (nSPS) is 25.8. The van der Waals surface area contributed by atoms with E-state index in [4.69, 9.17) is 9.47 Å². The molecule has 0 radical (unpaired) electrons. The van der Waals surface area contributed by atoms with Crippen LogP contribution in [0.25, 0.3) is 0 Å². The number of carbonyl (C=O) groups excluding carboxylic acids is 4. The third-order valence-electron chi connectivity index (χ3n) is 8.46. The van der Waals surface area contributed by atoms with Crippen molar-refractivity contribution in [2.24, 2.45) is 17.8 Å².